The van der Waals surface area contributed by atoms with Gasteiger partial charge >= 0.3 is 45.7 Å². The zero-order valence-corrected chi connectivity index (χ0v) is 5.89. The molecule has 0 bridgehead atoms. The average molecular weight is 203 g/mol. The maximum absolute atomic E-state index is 7.81. The standard InChI is InChI=1S/CH3NOSe2/c3-2-1(4)5/h3H,(H2,2,4,5). The van der Waals surface area contributed by atoms with Crippen molar-refractivity contribution in [2.75, 3.05) is 0 Å². The minimum absolute atomic E-state index is 0.623. The fourth-order valence-electron chi connectivity index (χ4n) is 0. The van der Waals surface area contributed by atoms with Crippen molar-refractivity contribution < 1.29 is 5.21 Å². The summed E-state index contributed by atoms with van der Waals surface area (Å²) in [7, 11) is 0. The minimum atomic E-state index is 0.623. The van der Waals surface area contributed by atoms with E-state index in [0.29, 0.717) is 3.44 Å². The van der Waals surface area contributed by atoms with Crippen LogP contribution in [0.3, 0.4) is 0 Å². The predicted octanol–water partition coefficient (Wildman–Crippen LogP) is -1.88. The van der Waals surface area contributed by atoms with Crippen molar-refractivity contribution in [3.63, 3.8) is 0 Å². The van der Waals surface area contributed by atoms with E-state index in [4.69, 9.17) is 5.21 Å². The van der Waals surface area contributed by atoms with Crippen molar-refractivity contribution >= 4 is 35.0 Å². The molecule has 0 heterocycles. The summed E-state index contributed by atoms with van der Waals surface area (Å²) in [6.07, 6.45) is 0. The van der Waals surface area contributed by atoms with Gasteiger partial charge in [0.2, 0.25) is 0 Å². The summed E-state index contributed by atoms with van der Waals surface area (Å²) in [6, 6.07) is 0. The molecule has 0 aromatic rings. The van der Waals surface area contributed by atoms with Gasteiger partial charge in [0.1, 0.15) is 0 Å². The molecule has 0 saturated heterocycles. The molecule has 5 heavy (non-hydrogen) atoms. The van der Waals surface area contributed by atoms with Crippen LogP contribution in [0.25, 0.3) is 0 Å². The topological polar surface area (TPSA) is 32.3 Å². The van der Waals surface area contributed by atoms with Crippen molar-refractivity contribution in [1.29, 1.82) is 0 Å². The Morgan fingerprint density at radius 1 is 2.00 bits per heavy atom. The third kappa shape index (κ3) is 4.67. The van der Waals surface area contributed by atoms with E-state index in [1.807, 2.05) is 5.48 Å². The number of hydrogen-bond acceptors (Lipinski definition) is 2. The summed E-state index contributed by atoms with van der Waals surface area (Å²) in [4.78, 5) is 0. The number of hydroxylamine groups is 1. The van der Waals surface area contributed by atoms with Crippen molar-refractivity contribution in [2.45, 2.75) is 0 Å². The summed E-state index contributed by atoms with van der Waals surface area (Å²) >= 11 is 4.62. The van der Waals surface area contributed by atoms with Crippen LogP contribution in [0.15, 0.2) is 0 Å². The second-order valence-electron chi connectivity index (χ2n) is 0.417. The van der Waals surface area contributed by atoms with E-state index >= 15 is 0 Å². The van der Waals surface area contributed by atoms with Crippen LogP contribution >= 0.6 is 0 Å². The summed E-state index contributed by atoms with van der Waals surface area (Å²) in [6.45, 7) is 0. The normalized spacial score (nSPS) is 6.80. The Hall–Kier alpha value is 0.669. The molecule has 0 fully saturated rings. The molecule has 0 aliphatic rings. The fourth-order valence-corrected chi connectivity index (χ4v) is 0. The van der Waals surface area contributed by atoms with Crippen LogP contribution in [0.4, 0.5) is 0 Å². The van der Waals surface area contributed by atoms with Gasteiger partial charge in [0, 0.05) is 0 Å². The molecule has 0 aliphatic heterocycles. The molecule has 2 N–H and O–H groups in total. The van der Waals surface area contributed by atoms with Crippen molar-refractivity contribution in [3.05, 3.63) is 0 Å². The first kappa shape index (κ1) is 5.67. The van der Waals surface area contributed by atoms with Gasteiger partial charge < -0.3 is 0 Å². The van der Waals surface area contributed by atoms with E-state index in [1.165, 1.54) is 0 Å². The van der Waals surface area contributed by atoms with E-state index in [0.717, 1.165) is 0 Å². The first-order valence-electron chi connectivity index (χ1n) is 0.901. The molecule has 0 rings (SSSR count). The van der Waals surface area contributed by atoms with Gasteiger partial charge in [-0.25, -0.2) is 0 Å². The van der Waals surface area contributed by atoms with Crippen LogP contribution in [0.5, 0.6) is 0 Å². The Balaban J connectivity index is 2.85. The van der Waals surface area contributed by atoms with Crippen molar-refractivity contribution in [1.82, 2.24) is 5.48 Å². The SMILES string of the molecule is ONC(=[Se])[SeH]. The van der Waals surface area contributed by atoms with Gasteiger partial charge in [0.15, 0.2) is 0 Å². The number of nitrogens with one attached hydrogen (secondary N) is 1. The first-order chi connectivity index (χ1) is 2.27. The molecule has 0 amide bonds. The van der Waals surface area contributed by atoms with Gasteiger partial charge in [0.05, 0.1) is 0 Å². The Labute approximate surface area is 46.1 Å². The summed E-state index contributed by atoms with van der Waals surface area (Å²) < 4.78 is 0.623. The maximum atomic E-state index is 7.81. The number of rotatable bonds is 1. The summed E-state index contributed by atoms with van der Waals surface area (Å²) in [5.74, 6) is 0. The van der Waals surface area contributed by atoms with Gasteiger partial charge in [-0.2, -0.15) is 0 Å². The molecule has 2 nitrogen and oxygen atoms in total. The van der Waals surface area contributed by atoms with Crippen LogP contribution in [0.1, 0.15) is 0 Å². The Kier molecular flexibility index (Phi) is 3.27. The molecule has 0 aromatic carbocycles. The molecule has 30 valence electrons. The molecule has 0 aromatic heterocycles. The second-order valence-corrected chi connectivity index (χ2v) is 3.69. The predicted molar refractivity (Wildman–Crippen MR) is 22.8 cm³/mol. The van der Waals surface area contributed by atoms with Crippen LogP contribution in [-0.4, -0.2) is 40.2 Å². The zero-order chi connectivity index (χ0) is 4.28. The van der Waals surface area contributed by atoms with Crippen LogP contribution in [0, 0.1) is 0 Å². The van der Waals surface area contributed by atoms with Gasteiger partial charge in [-0.05, 0) is 0 Å². The molecule has 0 unspecified atom stereocenters. The fraction of sp³-hybridized carbons (Fsp3) is 0. The summed E-state index contributed by atoms with van der Waals surface area (Å²) in [5, 5.41) is 7.81. The second kappa shape index (κ2) is 2.88. The van der Waals surface area contributed by atoms with Crippen LogP contribution < -0.4 is 5.48 Å². The van der Waals surface area contributed by atoms with Gasteiger partial charge in [-0.1, -0.05) is 0 Å². The monoisotopic (exact) mass is 205 g/mol. The molecular weight excluding hydrogens is 200 g/mol. The molecule has 0 spiro atoms. The van der Waals surface area contributed by atoms with Crippen LogP contribution in [0.2, 0.25) is 0 Å². The Morgan fingerprint density at radius 2 is 2.20 bits per heavy atom. The van der Waals surface area contributed by atoms with Gasteiger partial charge in [-0.15, -0.1) is 0 Å². The van der Waals surface area contributed by atoms with Gasteiger partial charge in [0.25, 0.3) is 0 Å². The molecule has 0 atom stereocenters. The average Bonchev–Trinajstić information content (AvgIpc) is 1.38. The number of hydrogen-bond donors (Lipinski definition) is 2. The van der Waals surface area contributed by atoms with E-state index in [-0.39, 0.29) is 0 Å². The molecule has 0 saturated carbocycles. The third-order valence-corrected chi connectivity index (χ3v) is 0.497. The van der Waals surface area contributed by atoms with E-state index < -0.39 is 0 Å². The molecule has 4 heteroatoms. The van der Waals surface area contributed by atoms with Crippen LogP contribution in [-0.2, 0) is 0 Å². The van der Waals surface area contributed by atoms with Gasteiger partial charge in [-0.3, -0.25) is 0 Å². The van der Waals surface area contributed by atoms with Crippen molar-refractivity contribution in [3.8, 4) is 0 Å². The van der Waals surface area contributed by atoms with E-state index in [1.54, 1.807) is 0 Å². The zero-order valence-electron chi connectivity index (χ0n) is 2.30. The molecule has 0 aliphatic carbocycles. The Morgan fingerprint density at radius 3 is 2.20 bits per heavy atom. The van der Waals surface area contributed by atoms with E-state index in [9.17, 15) is 0 Å². The molecular formula is CH3NOSe2. The Bertz CT molecular complexity index is 44.9. The molecule has 0 radical (unpaired) electrons. The quantitative estimate of drug-likeness (QED) is 0.386. The first-order valence-corrected chi connectivity index (χ1v) is 2.70. The van der Waals surface area contributed by atoms with Crippen molar-refractivity contribution in [2.24, 2.45) is 0 Å². The van der Waals surface area contributed by atoms with E-state index in [2.05, 4.69) is 31.6 Å². The third-order valence-electron chi connectivity index (χ3n) is 0.0956. The summed E-state index contributed by atoms with van der Waals surface area (Å²) in [5.41, 5.74) is 1.86.